The van der Waals surface area contributed by atoms with E-state index in [9.17, 15) is 17.2 Å². The summed E-state index contributed by atoms with van der Waals surface area (Å²) in [6.45, 7) is 5.43. The molecule has 1 aliphatic carbocycles. The summed E-state index contributed by atoms with van der Waals surface area (Å²) in [6, 6.07) is 8.85. The molecule has 0 bridgehead atoms. The molecule has 4 heterocycles. The van der Waals surface area contributed by atoms with Crippen molar-refractivity contribution in [2.75, 3.05) is 74.2 Å². The molecule has 2 aliphatic heterocycles. The van der Waals surface area contributed by atoms with Crippen LogP contribution in [-0.2, 0) is 14.6 Å². The van der Waals surface area contributed by atoms with Gasteiger partial charge in [0.15, 0.2) is 15.7 Å². The first kappa shape index (κ1) is 28.2. The number of rotatable bonds is 8. The molecule has 41 heavy (non-hydrogen) atoms. The highest BCUT2D eigenvalue weighted by molar-refractivity contribution is 7.91. The molecule has 0 amide bonds. The monoisotopic (exact) mass is 589 g/mol. The number of para-hydroxylation sites is 2. The highest BCUT2D eigenvalue weighted by Gasteiger charge is 2.27. The Balaban J connectivity index is 1.16. The fraction of sp³-hybridized carbons (Fsp3) is 0.607. The van der Waals surface area contributed by atoms with E-state index in [1.165, 1.54) is 4.57 Å². The van der Waals surface area contributed by atoms with E-state index in [1.807, 2.05) is 6.07 Å². The molecule has 0 spiro atoms. The van der Waals surface area contributed by atoms with Crippen LogP contribution in [0.2, 0.25) is 0 Å². The lowest BCUT2D eigenvalue weighted by Gasteiger charge is -2.34. The van der Waals surface area contributed by atoms with Crippen LogP contribution in [0.4, 0.5) is 20.5 Å². The van der Waals surface area contributed by atoms with Gasteiger partial charge in [0, 0.05) is 45.3 Å². The molecule has 1 saturated carbocycles. The molecule has 10 nitrogen and oxygen atoms in total. The third-order valence-corrected chi connectivity index (χ3v) is 10.1. The molecular formula is C28H37F2N7O3S. The Hall–Kier alpha value is -2.90. The van der Waals surface area contributed by atoms with E-state index in [0.29, 0.717) is 86.4 Å². The van der Waals surface area contributed by atoms with Crippen molar-refractivity contribution >= 4 is 32.6 Å². The highest BCUT2D eigenvalue weighted by atomic mass is 32.2. The van der Waals surface area contributed by atoms with Crippen LogP contribution < -0.4 is 10.2 Å². The molecule has 0 unspecified atom stereocenters. The predicted molar refractivity (Wildman–Crippen MR) is 154 cm³/mol. The number of nitrogens with one attached hydrogen (secondary N) is 1. The second-order valence-corrected chi connectivity index (χ2v) is 13.6. The van der Waals surface area contributed by atoms with Gasteiger partial charge >= 0.3 is 0 Å². The molecular weight excluding hydrogens is 552 g/mol. The average molecular weight is 590 g/mol. The third kappa shape index (κ3) is 6.62. The first-order valence-electron chi connectivity index (χ1n) is 14.5. The number of ether oxygens (including phenoxy) is 1. The number of benzene rings is 1. The van der Waals surface area contributed by atoms with Crippen LogP contribution in [0, 0.1) is 11.8 Å². The lowest BCUT2D eigenvalue weighted by Crippen LogP contribution is -2.43. The van der Waals surface area contributed by atoms with Crippen LogP contribution >= 0.6 is 0 Å². The van der Waals surface area contributed by atoms with Gasteiger partial charge in [-0.25, -0.2) is 22.2 Å². The Morgan fingerprint density at radius 2 is 1.61 bits per heavy atom. The first-order chi connectivity index (χ1) is 19.8. The van der Waals surface area contributed by atoms with Crippen LogP contribution in [0.1, 0.15) is 37.9 Å². The van der Waals surface area contributed by atoms with Crippen molar-refractivity contribution in [1.82, 2.24) is 24.4 Å². The van der Waals surface area contributed by atoms with E-state index in [0.717, 1.165) is 32.2 Å². The quantitative estimate of drug-likeness (QED) is 0.422. The van der Waals surface area contributed by atoms with Gasteiger partial charge in [-0.05, 0) is 49.7 Å². The lowest BCUT2D eigenvalue weighted by atomic mass is 9.81. The summed E-state index contributed by atoms with van der Waals surface area (Å²) >= 11 is 0. The number of anilines is 2. The molecule has 3 aliphatic rings. The van der Waals surface area contributed by atoms with Gasteiger partial charge < -0.3 is 19.9 Å². The minimum atomic E-state index is -2.86. The van der Waals surface area contributed by atoms with Gasteiger partial charge in [0.2, 0.25) is 5.95 Å². The topological polar surface area (TPSA) is 105 Å². The summed E-state index contributed by atoms with van der Waals surface area (Å²) < 4.78 is 58.6. The van der Waals surface area contributed by atoms with Crippen LogP contribution in [0.25, 0.3) is 16.9 Å². The Bertz CT molecular complexity index is 1440. The average Bonchev–Trinajstić information content (AvgIpc) is 3.38. The second-order valence-electron chi connectivity index (χ2n) is 11.3. The smallest absolute Gasteiger partial charge is 0.296 e. The van der Waals surface area contributed by atoms with E-state index in [4.69, 9.17) is 14.7 Å². The van der Waals surface area contributed by atoms with Crippen LogP contribution in [0.15, 0.2) is 30.3 Å². The summed E-state index contributed by atoms with van der Waals surface area (Å²) in [5.41, 5.74) is 1.07. The summed E-state index contributed by atoms with van der Waals surface area (Å²) in [6.07, 6.45) is 1.59. The summed E-state index contributed by atoms with van der Waals surface area (Å²) in [5.74, 6) is 2.69. The molecule has 2 saturated heterocycles. The number of imidazole rings is 1. The molecule has 222 valence electrons. The number of morpholine rings is 1. The van der Waals surface area contributed by atoms with Crippen molar-refractivity contribution in [3.63, 3.8) is 0 Å². The number of hydrogen-bond donors (Lipinski definition) is 1. The molecule has 0 atom stereocenters. The van der Waals surface area contributed by atoms with E-state index in [1.54, 1.807) is 24.3 Å². The highest BCUT2D eigenvalue weighted by Crippen LogP contribution is 2.31. The van der Waals surface area contributed by atoms with Crippen LogP contribution in [-0.4, -0.2) is 96.8 Å². The zero-order valence-corrected chi connectivity index (χ0v) is 23.9. The predicted octanol–water partition coefficient (Wildman–Crippen LogP) is 3.54. The fourth-order valence-electron chi connectivity index (χ4n) is 6.15. The fourth-order valence-corrected chi connectivity index (χ4v) is 7.43. The Kier molecular flexibility index (Phi) is 8.36. The first-order valence-corrected chi connectivity index (χ1v) is 16.3. The van der Waals surface area contributed by atoms with Crippen molar-refractivity contribution in [2.45, 2.75) is 32.1 Å². The van der Waals surface area contributed by atoms with Gasteiger partial charge in [0.1, 0.15) is 11.6 Å². The summed E-state index contributed by atoms with van der Waals surface area (Å²) in [4.78, 5) is 18.1. The lowest BCUT2D eigenvalue weighted by molar-refractivity contribution is 0.122. The maximum atomic E-state index is 14.1. The number of aromatic nitrogens is 4. The van der Waals surface area contributed by atoms with Gasteiger partial charge in [-0.2, -0.15) is 9.97 Å². The number of fused-ring (bicyclic) bond motifs is 1. The SMILES string of the molecule is O=S1(=O)CCN(CC2CCC(CNc3nc(N4CCOCC4)cc(-n4c(C(F)F)nc5ccccc54)n3)CC2)CC1. The second kappa shape index (κ2) is 12.1. The number of nitrogens with zero attached hydrogens (tertiary/aromatic N) is 6. The van der Waals surface area contributed by atoms with Crippen molar-refractivity contribution in [3.05, 3.63) is 36.2 Å². The molecule has 2 aromatic heterocycles. The van der Waals surface area contributed by atoms with Crippen molar-refractivity contribution in [1.29, 1.82) is 0 Å². The molecule has 13 heteroatoms. The number of halogens is 2. The van der Waals surface area contributed by atoms with Crippen molar-refractivity contribution in [3.8, 4) is 5.82 Å². The number of hydrogen-bond acceptors (Lipinski definition) is 9. The van der Waals surface area contributed by atoms with Crippen molar-refractivity contribution < 1.29 is 21.9 Å². The Morgan fingerprint density at radius 1 is 0.927 bits per heavy atom. The van der Waals surface area contributed by atoms with E-state index in [-0.39, 0.29) is 17.3 Å². The maximum Gasteiger partial charge on any atom is 0.296 e. The van der Waals surface area contributed by atoms with E-state index >= 15 is 0 Å². The minimum Gasteiger partial charge on any atom is -0.378 e. The molecule has 3 aromatic rings. The standard InChI is InChI=1S/C28H37F2N7O3S/c29-26(30)27-32-22-3-1-2-4-23(22)37(27)25-17-24(36-9-13-40-14-10-36)33-28(34-25)31-18-20-5-7-21(8-6-20)19-35-11-15-41(38,39)16-12-35/h1-4,17,20-21,26H,5-16,18-19H2,(H,31,33,34). The number of alkyl halides is 2. The largest absolute Gasteiger partial charge is 0.378 e. The molecule has 1 aromatic carbocycles. The van der Waals surface area contributed by atoms with Crippen LogP contribution in [0.5, 0.6) is 0 Å². The molecule has 3 fully saturated rings. The van der Waals surface area contributed by atoms with Gasteiger partial charge in [-0.3, -0.25) is 4.57 Å². The van der Waals surface area contributed by atoms with Crippen LogP contribution in [0.3, 0.4) is 0 Å². The molecule has 1 N–H and O–H groups in total. The van der Waals surface area contributed by atoms with Gasteiger partial charge in [-0.1, -0.05) is 12.1 Å². The third-order valence-electron chi connectivity index (χ3n) is 8.51. The Labute approximate surface area is 239 Å². The minimum absolute atomic E-state index is 0.269. The van der Waals surface area contributed by atoms with E-state index in [2.05, 4.69) is 20.1 Å². The maximum absolute atomic E-state index is 14.1. The van der Waals surface area contributed by atoms with Gasteiger partial charge in [0.25, 0.3) is 6.43 Å². The summed E-state index contributed by atoms with van der Waals surface area (Å²) in [7, 11) is -2.86. The Morgan fingerprint density at radius 3 is 2.34 bits per heavy atom. The normalized spacial score (nSPS) is 23.7. The molecule has 6 rings (SSSR count). The molecule has 0 radical (unpaired) electrons. The number of sulfone groups is 1. The van der Waals surface area contributed by atoms with Gasteiger partial charge in [-0.15, -0.1) is 0 Å². The zero-order valence-electron chi connectivity index (χ0n) is 23.1. The zero-order chi connectivity index (χ0) is 28.4. The van der Waals surface area contributed by atoms with Crippen molar-refractivity contribution in [2.24, 2.45) is 11.8 Å². The van der Waals surface area contributed by atoms with E-state index < -0.39 is 16.3 Å². The summed E-state index contributed by atoms with van der Waals surface area (Å²) in [5, 5.41) is 3.42. The van der Waals surface area contributed by atoms with Gasteiger partial charge in [0.05, 0.1) is 35.8 Å².